The number of aliphatic hydroxyl groups is 1. The first-order chi connectivity index (χ1) is 11.1. The summed E-state index contributed by atoms with van der Waals surface area (Å²) in [4.78, 5) is 2.34. The quantitative estimate of drug-likeness (QED) is 0.910. The molecule has 0 saturated carbocycles. The summed E-state index contributed by atoms with van der Waals surface area (Å²) in [5.41, 5.74) is 2.73. The molecule has 0 spiro atoms. The van der Waals surface area contributed by atoms with Gasteiger partial charge in [0.1, 0.15) is 11.4 Å². The van der Waals surface area contributed by atoms with E-state index in [9.17, 15) is 5.11 Å². The van der Waals surface area contributed by atoms with Crippen molar-refractivity contribution in [2.75, 3.05) is 20.2 Å². The Bertz CT molecular complexity index is 659. The highest BCUT2D eigenvalue weighted by molar-refractivity contribution is 5.85. The molecule has 4 heteroatoms. The maximum Gasteiger partial charge on any atom is 0.119 e. The molecule has 1 aliphatic heterocycles. The van der Waals surface area contributed by atoms with Crippen LogP contribution in [0.3, 0.4) is 0 Å². The summed E-state index contributed by atoms with van der Waals surface area (Å²) in [7, 11) is 1.66. The van der Waals surface area contributed by atoms with E-state index in [1.165, 1.54) is 11.1 Å². The average Bonchev–Trinajstić information content (AvgIpc) is 2.57. The van der Waals surface area contributed by atoms with Crippen molar-refractivity contribution >= 4 is 12.4 Å². The lowest BCUT2D eigenvalue weighted by molar-refractivity contribution is -0.0382. The van der Waals surface area contributed by atoms with E-state index in [1.54, 1.807) is 7.11 Å². The maximum atomic E-state index is 11.2. The normalized spacial score (nSPS) is 21.1. The molecule has 3 rings (SSSR count). The van der Waals surface area contributed by atoms with Crippen molar-refractivity contribution in [1.29, 1.82) is 0 Å². The summed E-state index contributed by atoms with van der Waals surface area (Å²) in [5.74, 6) is 0.798. The first kappa shape index (κ1) is 18.8. The second-order valence-corrected chi connectivity index (χ2v) is 6.56. The molecule has 2 aromatic carbocycles. The van der Waals surface area contributed by atoms with Crippen LogP contribution in [-0.2, 0) is 12.1 Å². The molecule has 0 aliphatic carbocycles. The summed E-state index contributed by atoms with van der Waals surface area (Å²) in [6.45, 7) is 4.67. The van der Waals surface area contributed by atoms with Crippen LogP contribution in [0.5, 0.6) is 5.75 Å². The third kappa shape index (κ3) is 4.29. The van der Waals surface area contributed by atoms with E-state index in [0.29, 0.717) is 6.54 Å². The SMILES string of the molecule is COc1cccc(C2(O)CCCN(Cc3ccc(C)cc3)C2)c1.Cl. The van der Waals surface area contributed by atoms with Crippen molar-refractivity contribution in [3.8, 4) is 5.75 Å². The molecule has 1 atom stereocenters. The van der Waals surface area contributed by atoms with Gasteiger partial charge in [-0.1, -0.05) is 42.0 Å². The molecule has 1 fully saturated rings. The fourth-order valence-corrected chi connectivity index (χ4v) is 3.36. The van der Waals surface area contributed by atoms with E-state index in [2.05, 4.69) is 36.1 Å². The summed E-state index contributed by atoms with van der Waals surface area (Å²) in [6, 6.07) is 16.5. The highest BCUT2D eigenvalue weighted by Gasteiger charge is 2.35. The van der Waals surface area contributed by atoms with Crippen molar-refractivity contribution in [3.63, 3.8) is 0 Å². The van der Waals surface area contributed by atoms with E-state index < -0.39 is 5.60 Å². The smallest absolute Gasteiger partial charge is 0.119 e. The van der Waals surface area contributed by atoms with Crippen LogP contribution in [0.2, 0.25) is 0 Å². The standard InChI is InChI=1S/C20H25NO2.ClH/c1-16-7-9-17(10-8-16)14-21-12-4-11-20(22,15-21)18-5-3-6-19(13-18)23-2;/h3,5-10,13,22H,4,11-12,14-15H2,1-2H3;1H. The van der Waals surface area contributed by atoms with Crippen LogP contribution in [-0.4, -0.2) is 30.2 Å². The molecule has 0 amide bonds. The molecule has 130 valence electrons. The minimum absolute atomic E-state index is 0. The Morgan fingerprint density at radius 1 is 1.17 bits per heavy atom. The minimum atomic E-state index is -0.794. The summed E-state index contributed by atoms with van der Waals surface area (Å²) < 4.78 is 5.30. The second kappa shape index (κ2) is 8.02. The van der Waals surface area contributed by atoms with Crippen LogP contribution < -0.4 is 4.74 Å². The minimum Gasteiger partial charge on any atom is -0.497 e. The first-order valence-electron chi connectivity index (χ1n) is 8.24. The summed E-state index contributed by atoms with van der Waals surface area (Å²) in [5, 5.41) is 11.2. The predicted molar refractivity (Wildman–Crippen MR) is 99.8 cm³/mol. The molecular formula is C20H26ClNO2. The number of piperidine rings is 1. The molecule has 0 aromatic heterocycles. The molecule has 1 saturated heterocycles. The number of β-amino-alcohol motifs (C(OH)–C–C–N with tert-alkyl or cyclic N) is 1. The van der Waals surface area contributed by atoms with Gasteiger partial charge in [-0.3, -0.25) is 4.90 Å². The van der Waals surface area contributed by atoms with Crippen LogP contribution in [0.4, 0.5) is 0 Å². The van der Waals surface area contributed by atoms with Crippen molar-refractivity contribution in [2.45, 2.75) is 31.9 Å². The van der Waals surface area contributed by atoms with Crippen molar-refractivity contribution < 1.29 is 9.84 Å². The monoisotopic (exact) mass is 347 g/mol. The van der Waals surface area contributed by atoms with Crippen LogP contribution >= 0.6 is 12.4 Å². The number of methoxy groups -OCH3 is 1. The Morgan fingerprint density at radius 3 is 2.62 bits per heavy atom. The Balaban J connectivity index is 0.00000208. The number of benzene rings is 2. The molecular weight excluding hydrogens is 322 g/mol. The molecule has 1 N–H and O–H groups in total. The van der Waals surface area contributed by atoms with Crippen molar-refractivity contribution in [3.05, 3.63) is 65.2 Å². The molecule has 0 bridgehead atoms. The number of halogens is 1. The van der Waals surface area contributed by atoms with Gasteiger partial charge in [0.05, 0.1) is 7.11 Å². The number of hydrogen-bond donors (Lipinski definition) is 1. The number of rotatable bonds is 4. The van der Waals surface area contributed by atoms with E-state index in [-0.39, 0.29) is 12.4 Å². The zero-order valence-electron chi connectivity index (χ0n) is 14.4. The van der Waals surface area contributed by atoms with Gasteiger partial charge in [0.25, 0.3) is 0 Å². The van der Waals surface area contributed by atoms with Gasteiger partial charge in [-0.25, -0.2) is 0 Å². The molecule has 1 aliphatic rings. The molecule has 0 radical (unpaired) electrons. The topological polar surface area (TPSA) is 32.7 Å². The summed E-state index contributed by atoms with van der Waals surface area (Å²) >= 11 is 0. The van der Waals surface area contributed by atoms with Gasteiger partial charge in [-0.15, -0.1) is 12.4 Å². The predicted octanol–water partition coefficient (Wildman–Crippen LogP) is 3.91. The highest BCUT2D eigenvalue weighted by atomic mass is 35.5. The number of aryl methyl sites for hydroxylation is 1. The number of likely N-dealkylation sites (tertiary alicyclic amines) is 1. The third-order valence-electron chi connectivity index (χ3n) is 4.68. The van der Waals surface area contributed by atoms with Gasteiger partial charge in [0.2, 0.25) is 0 Å². The van der Waals surface area contributed by atoms with Crippen LogP contribution in [0.1, 0.15) is 29.5 Å². The van der Waals surface area contributed by atoms with Gasteiger partial charge >= 0.3 is 0 Å². The van der Waals surface area contributed by atoms with E-state index >= 15 is 0 Å². The van der Waals surface area contributed by atoms with Crippen LogP contribution in [0, 0.1) is 6.92 Å². The fourth-order valence-electron chi connectivity index (χ4n) is 3.36. The molecule has 1 heterocycles. The zero-order valence-corrected chi connectivity index (χ0v) is 15.2. The second-order valence-electron chi connectivity index (χ2n) is 6.56. The Hall–Kier alpha value is -1.55. The lowest BCUT2D eigenvalue weighted by Crippen LogP contribution is -2.45. The van der Waals surface area contributed by atoms with Gasteiger partial charge < -0.3 is 9.84 Å². The molecule has 1 unspecified atom stereocenters. The fraction of sp³-hybridized carbons (Fsp3) is 0.400. The first-order valence-corrected chi connectivity index (χ1v) is 8.24. The van der Waals surface area contributed by atoms with Gasteiger partial charge in [0, 0.05) is 13.1 Å². The van der Waals surface area contributed by atoms with E-state index in [1.807, 2.05) is 24.3 Å². The lowest BCUT2D eigenvalue weighted by atomic mass is 9.85. The maximum absolute atomic E-state index is 11.2. The van der Waals surface area contributed by atoms with E-state index in [4.69, 9.17) is 4.74 Å². The Morgan fingerprint density at radius 2 is 1.92 bits per heavy atom. The number of ether oxygens (including phenoxy) is 1. The number of hydrogen-bond acceptors (Lipinski definition) is 3. The molecule has 24 heavy (non-hydrogen) atoms. The molecule has 3 nitrogen and oxygen atoms in total. The van der Waals surface area contributed by atoms with Crippen molar-refractivity contribution in [2.24, 2.45) is 0 Å². The van der Waals surface area contributed by atoms with Gasteiger partial charge in [-0.05, 0) is 49.6 Å². The third-order valence-corrected chi connectivity index (χ3v) is 4.68. The average molecular weight is 348 g/mol. The lowest BCUT2D eigenvalue weighted by Gasteiger charge is -2.39. The largest absolute Gasteiger partial charge is 0.497 e. The highest BCUT2D eigenvalue weighted by Crippen LogP contribution is 2.33. The van der Waals surface area contributed by atoms with Crippen LogP contribution in [0.25, 0.3) is 0 Å². The molecule has 2 aromatic rings. The van der Waals surface area contributed by atoms with Gasteiger partial charge in [0.15, 0.2) is 0 Å². The summed E-state index contributed by atoms with van der Waals surface area (Å²) in [6.07, 6.45) is 1.80. The van der Waals surface area contributed by atoms with Crippen LogP contribution in [0.15, 0.2) is 48.5 Å². The van der Waals surface area contributed by atoms with Gasteiger partial charge in [-0.2, -0.15) is 0 Å². The zero-order chi connectivity index (χ0) is 16.3. The van der Waals surface area contributed by atoms with Crippen molar-refractivity contribution in [1.82, 2.24) is 4.90 Å². The Kier molecular flexibility index (Phi) is 6.27. The number of nitrogens with zero attached hydrogens (tertiary/aromatic N) is 1. The Labute approximate surface area is 150 Å². The van der Waals surface area contributed by atoms with E-state index in [0.717, 1.165) is 37.2 Å².